The van der Waals surface area contributed by atoms with Gasteiger partial charge in [-0.25, -0.2) is 9.59 Å². The van der Waals surface area contributed by atoms with Crippen LogP contribution in [0.4, 0.5) is 15.3 Å². The largest absolute Gasteiger partial charge is 0.493 e. The molecular weight excluding hydrogens is 460 g/mol. The van der Waals surface area contributed by atoms with Crippen molar-refractivity contribution in [1.29, 1.82) is 0 Å². The molecule has 0 aromatic heterocycles. The molecule has 1 heterocycles. The molecule has 8 heteroatoms. The Balaban J connectivity index is 1.81. The molecule has 190 valence electrons. The number of carbonyl (C=O) groups excluding carboxylic acids is 2. The van der Waals surface area contributed by atoms with E-state index >= 15 is 0 Å². The quantitative estimate of drug-likeness (QED) is 0.425. The van der Waals surface area contributed by atoms with Crippen LogP contribution in [0.25, 0.3) is 10.8 Å². The average molecular weight is 493 g/mol. The third kappa shape index (κ3) is 4.76. The first kappa shape index (κ1) is 25.2. The van der Waals surface area contributed by atoms with Crippen molar-refractivity contribution in [3.05, 3.63) is 65.7 Å². The van der Waals surface area contributed by atoms with Crippen molar-refractivity contribution >= 4 is 28.6 Å². The fraction of sp³-hybridized carbons (Fsp3) is 0.357. The summed E-state index contributed by atoms with van der Waals surface area (Å²) in [6.45, 7) is 4.30. The van der Waals surface area contributed by atoms with Crippen LogP contribution in [0.2, 0.25) is 0 Å². The van der Waals surface area contributed by atoms with Crippen LogP contribution >= 0.6 is 0 Å². The predicted molar refractivity (Wildman–Crippen MR) is 138 cm³/mol. The van der Waals surface area contributed by atoms with Gasteiger partial charge in [-0.1, -0.05) is 36.4 Å². The van der Waals surface area contributed by atoms with Gasteiger partial charge in [0, 0.05) is 24.2 Å². The number of fused-ring (bicyclic) bond motifs is 2. The standard InChI is InChI=1S/C28H32N2O6/c1-6-36-28(32)30-18(2)13-23(22-15-25(33-3)26(34-4)16-24(22)30)29(27(31)35-5)17-19-11-12-20-9-7-8-10-21(20)14-19/h7-12,14-16,18,23H,6,13,17H2,1-5H3. The maximum Gasteiger partial charge on any atom is 0.414 e. The molecular formula is C28H32N2O6. The molecule has 0 fully saturated rings. The minimum absolute atomic E-state index is 0.247. The fourth-order valence-electron chi connectivity index (χ4n) is 4.87. The number of carbonyl (C=O) groups is 2. The fourth-order valence-corrected chi connectivity index (χ4v) is 4.87. The summed E-state index contributed by atoms with van der Waals surface area (Å²) in [4.78, 5) is 29.4. The number of methoxy groups -OCH3 is 3. The minimum atomic E-state index is -0.453. The Hall–Kier alpha value is -3.94. The number of benzene rings is 3. The number of nitrogens with zero attached hydrogens (tertiary/aromatic N) is 2. The first-order valence-electron chi connectivity index (χ1n) is 12.0. The van der Waals surface area contributed by atoms with Gasteiger partial charge in [-0.15, -0.1) is 0 Å². The van der Waals surface area contributed by atoms with Gasteiger partial charge in [0.05, 0.1) is 39.7 Å². The number of rotatable bonds is 6. The predicted octanol–water partition coefficient (Wildman–Crippen LogP) is 5.92. The number of amides is 2. The van der Waals surface area contributed by atoms with Crippen molar-refractivity contribution in [2.75, 3.05) is 32.8 Å². The van der Waals surface area contributed by atoms with Gasteiger partial charge in [-0.05, 0) is 48.7 Å². The van der Waals surface area contributed by atoms with Crippen LogP contribution in [0.3, 0.4) is 0 Å². The van der Waals surface area contributed by atoms with E-state index in [0.29, 0.717) is 30.2 Å². The molecule has 0 radical (unpaired) electrons. The Labute approximate surface area is 211 Å². The molecule has 0 spiro atoms. The van der Waals surface area contributed by atoms with Crippen LogP contribution < -0.4 is 14.4 Å². The summed E-state index contributed by atoms with van der Waals surface area (Å²) in [5, 5.41) is 2.22. The van der Waals surface area contributed by atoms with Crippen molar-refractivity contribution in [2.24, 2.45) is 0 Å². The Kier molecular flexibility index (Phi) is 7.52. The molecule has 8 nitrogen and oxygen atoms in total. The normalized spacial score (nSPS) is 16.8. The molecule has 3 aromatic rings. The molecule has 0 N–H and O–H groups in total. The zero-order valence-electron chi connectivity index (χ0n) is 21.3. The van der Waals surface area contributed by atoms with Gasteiger partial charge in [-0.3, -0.25) is 9.80 Å². The molecule has 2 atom stereocenters. The summed E-state index contributed by atoms with van der Waals surface area (Å²) in [5.74, 6) is 0.993. The van der Waals surface area contributed by atoms with Crippen LogP contribution in [0, 0.1) is 0 Å². The van der Waals surface area contributed by atoms with Crippen molar-refractivity contribution in [1.82, 2.24) is 4.90 Å². The average Bonchev–Trinajstić information content (AvgIpc) is 2.90. The maximum atomic E-state index is 13.1. The molecule has 0 saturated heterocycles. The molecule has 4 rings (SSSR count). The summed E-state index contributed by atoms with van der Waals surface area (Å²) in [6.07, 6.45) is -0.411. The highest BCUT2D eigenvalue weighted by Gasteiger charge is 2.40. The second-order valence-corrected chi connectivity index (χ2v) is 8.71. The summed E-state index contributed by atoms with van der Waals surface area (Å²) >= 11 is 0. The van der Waals surface area contributed by atoms with E-state index in [1.54, 1.807) is 37.0 Å². The van der Waals surface area contributed by atoms with E-state index in [-0.39, 0.29) is 18.7 Å². The molecule has 1 aliphatic heterocycles. The van der Waals surface area contributed by atoms with Gasteiger partial charge >= 0.3 is 12.2 Å². The number of ether oxygens (including phenoxy) is 4. The van der Waals surface area contributed by atoms with Gasteiger partial charge < -0.3 is 18.9 Å². The number of anilines is 1. The van der Waals surface area contributed by atoms with Gasteiger partial charge in [0.1, 0.15) is 0 Å². The molecule has 3 aromatic carbocycles. The lowest BCUT2D eigenvalue weighted by Gasteiger charge is -2.42. The molecule has 1 aliphatic rings. The molecule has 0 saturated carbocycles. The Morgan fingerprint density at radius 3 is 2.33 bits per heavy atom. The van der Waals surface area contributed by atoms with Gasteiger partial charge in [0.2, 0.25) is 0 Å². The Morgan fingerprint density at radius 2 is 1.67 bits per heavy atom. The van der Waals surface area contributed by atoms with Crippen molar-refractivity contribution in [3.63, 3.8) is 0 Å². The smallest absolute Gasteiger partial charge is 0.414 e. The minimum Gasteiger partial charge on any atom is -0.493 e. The molecule has 2 amide bonds. The number of hydrogen-bond donors (Lipinski definition) is 0. The third-order valence-electron chi connectivity index (χ3n) is 6.57. The van der Waals surface area contributed by atoms with E-state index in [9.17, 15) is 9.59 Å². The zero-order chi connectivity index (χ0) is 25.8. The molecule has 0 aliphatic carbocycles. The van der Waals surface area contributed by atoms with Crippen LogP contribution in [0.1, 0.15) is 37.4 Å². The first-order chi connectivity index (χ1) is 17.4. The van der Waals surface area contributed by atoms with Gasteiger partial charge in [0.25, 0.3) is 0 Å². The van der Waals surface area contributed by atoms with Crippen LogP contribution in [0.5, 0.6) is 11.5 Å². The van der Waals surface area contributed by atoms with Crippen LogP contribution in [0.15, 0.2) is 54.6 Å². The first-order valence-corrected chi connectivity index (χ1v) is 12.0. The van der Waals surface area contributed by atoms with E-state index in [0.717, 1.165) is 21.9 Å². The van der Waals surface area contributed by atoms with E-state index in [4.69, 9.17) is 18.9 Å². The summed E-state index contributed by atoms with van der Waals surface area (Å²) in [5.41, 5.74) is 2.34. The Morgan fingerprint density at radius 1 is 0.972 bits per heavy atom. The lowest BCUT2D eigenvalue weighted by molar-refractivity contribution is 0.0941. The second-order valence-electron chi connectivity index (χ2n) is 8.71. The lowest BCUT2D eigenvalue weighted by Crippen LogP contribution is -2.47. The SMILES string of the molecule is CCOC(=O)N1c2cc(OC)c(OC)cc2C(N(Cc2ccc3ccccc3c2)C(=O)OC)CC1C. The van der Waals surface area contributed by atoms with Gasteiger partial charge in [0.15, 0.2) is 11.5 Å². The highest BCUT2D eigenvalue weighted by molar-refractivity contribution is 5.91. The zero-order valence-corrected chi connectivity index (χ0v) is 21.3. The van der Waals surface area contributed by atoms with Gasteiger partial charge in [-0.2, -0.15) is 0 Å². The van der Waals surface area contributed by atoms with Crippen LogP contribution in [-0.4, -0.2) is 51.1 Å². The van der Waals surface area contributed by atoms with E-state index in [1.807, 2.05) is 43.3 Å². The molecule has 36 heavy (non-hydrogen) atoms. The maximum absolute atomic E-state index is 13.1. The van der Waals surface area contributed by atoms with E-state index in [2.05, 4.69) is 12.1 Å². The third-order valence-corrected chi connectivity index (χ3v) is 6.57. The number of hydrogen-bond acceptors (Lipinski definition) is 6. The summed E-state index contributed by atoms with van der Waals surface area (Å²) in [6, 6.07) is 17.2. The van der Waals surface area contributed by atoms with Crippen molar-refractivity contribution in [2.45, 2.75) is 38.9 Å². The summed E-state index contributed by atoms with van der Waals surface area (Å²) < 4.78 is 21.6. The topological polar surface area (TPSA) is 77.5 Å². The monoisotopic (exact) mass is 492 g/mol. The van der Waals surface area contributed by atoms with Crippen molar-refractivity contribution in [3.8, 4) is 11.5 Å². The van der Waals surface area contributed by atoms with E-state index < -0.39 is 12.2 Å². The van der Waals surface area contributed by atoms with Crippen LogP contribution in [-0.2, 0) is 16.0 Å². The Bertz CT molecular complexity index is 1260. The second kappa shape index (κ2) is 10.8. The molecule has 0 bridgehead atoms. The van der Waals surface area contributed by atoms with Crippen molar-refractivity contribution < 1.29 is 28.5 Å². The highest BCUT2D eigenvalue weighted by atomic mass is 16.6. The lowest BCUT2D eigenvalue weighted by atomic mass is 9.90. The molecule has 2 unspecified atom stereocenters. The van der Waals surface area contributed by atoms with E-state index in [1.165, 1.54) is 7.11 Å². The summed E-state index contributed by atoms with van der Waals surface area (Å²) in [7, 11) is 4.48. The highest BCUT2D eigenvalue weighted by Crippen LogP contribution is 2.46.